The van der Waals surface area contributed by atoms with Crippen molar-refractivity contribution in [2.24, 2.45) is 0 Å². The third kappa shape index (κ3) is 2.72. The number of pyridine rings is 1. The van der Waals surface area contributed by atoms with Crippen LogP contribution in [0.5, 0.6) is 0 Å². The number of nitrogen functional groups attached to an aromatic ring is 1. The summed E-state index contributed by atoms with van der Waals surface area (Å²) >= 11 is 0. The fourth-order valence-electron chi connectivity index (χ4n) is 1.80. The van der Waals surface area contributed by atoms with E-state index in [9.17, 15) is 13.2 Å². The Kier molecular flexibility index (Phi) is 3.61. The molecular weight excluding hydrogens is 267 g/mol. The summed E-state index contributed by atoms with van der Waals surface area (Å²) in [5.74, 6) is 0. The second-order valence-corrected chi connectivity index (χ2v) is 4.14. The van der Waals surface area contributed by atoms with Gasteiger partial charge in [-0.05, 0) is 23.8 Å². The molecule has 0 aliphatic heterocycles. The van der Waals surface area contributed by atoms with Crippen molar-refractivity contribution >= 4 is 5.69 Å². The lowest BCUT2D eigenvalue weighted by molar-refractivity contribution is -0.137. The molecule has 0 amide bonds. The zero-order valence-electron chi connectivity index (χ0n) is 10.3. The molecule has 3 nitrogen and oxygen atoms in total. The van der Waals surface area contributed by atoms with Gasteiger partial charge >= 0.3 is 6.18 Å². The Labute approximate surface area is 113 Å². The SMILES string of the molecule is N#CCc1ccnc(-c2ccc(C(F)(F)F)cc2)c1N. The van der Waals surface area contributed by atoms with E-state index in [0.717, 1.165) is 12.1 Å². The van der Waals surface area contributed by atoms with Crippen LogP contribution < -0.4 is 5.73 Å². The predicted octanol–water partition coefficient (Wildman–Crippen LogP) is 3.42. The molecular formula is C14H10F3N3. The third-order valence-corrected chi connectivity index (χ3v) is 2.84. The molecule has 2 aromatic rings. The maximum absolute atomic E-state index is 12.5. The van der Waals surface area contributed by atoms with Crippen LogP contribution in [0.2, 0.25) is 0 Å². The molecule has 1 aromatic carbocycles. The van der Waals surface area contributed by atoms with Crippen molar-refractivity contribution in [3.05, 3.63) is 47.7 Å². The first-order chi connectivity index (χ1) is 9.43. The zero-order valence-corrected chi connectivity index (χ0v) is 10.3. The summed E-state index contributed by atoms with van der Waals surface area (Å²) in [4.78, 5) is 4.07. The number of benzene rings is 1. The number of hydrogen-bond acceptors (Lipinski definition) is 3. The Morgan fingerprint density at radius 1 is 1.15 bits per heavy atom. The molecule has 0 aliphatic carbocycles. The summed E-state index contributed by atoms with van der Waals surface area (Å²) in [5.41, 5.74) is 6.95. The first-order valence-corrected chi connectivity index (χ1v) is 5.71. The van der Waals surface area contributed by atoms with Crippen molar-refractivity contribution in [1.29, 1.82) is 5.26 Å². The lowest BCUT2D eigenvalue weighted by Gasteiger charge is -2.10. The second-order valence-electron chi connectivity index (χ2n) is 4.14. The topological polar surface area (TPSA) is 62.7 Å². The molecule has 1 heterocycles. The van der Waals surface area contributed by atoms with E-state index in [0.29, 0.717) is 22.5 Å². The minimum Gasteiger partial charge on any atom is -0.397 e. The highest BCUT2D eigenvalue weighted by Gasteiger charge is 2.30. The summed E-state index contributed by atoms with van der Waals surface area (Å²) in [7, 11) is 0. The number of halogens is 3. The molecule has 0 saturated carbocycles. The van der Waals surface area contributed by atoms with Gasteiger partial charge < -0.3 is 5.73 Å². The molecule has 0 unspecified atom stereocenters. The van der Waals surface area contributed by atoms with Gasteiger partial charge in [0.2, 0.25) is 0 Å². The standard InChI is InChI=1S/C14H10F3N3/c15-14(16,17)11-3-1-10(2-4-11)13-12(19)9(5-7-18)6-8-20-13/h1-4,6,8H,5,19H2. The van der Waals surface area contributed by atoms with Gasteiger partial charge in [-0.3, -0.25) is 4.98 Å². The number of nitriles is 1. The molecule has 2 rings (SSSR count). The maximum Gasteiger partial charge on any atom is 0.416 e. The molecule has 20 heavy (non-hydrogen) atoms. The van der Waals surface area contributed by atoms with E-state index >= 15 is 0 Å². The van der Waals surface area contributed by atoms with Gasteiger partial charge in [-0.25, -0.2) is 0 Å². The largest absolute Gasteiger partial charge is 0.416 e. The van der Waals surface area contributed by atoms with Gasteiger partial charge in [0.1, 0.15) is 0 Å². The van der Waals surface area contributed by atoms with Crippen LogP contribution in [0.1, 0.15) is 11.1 Å². The van der Waals surface area contributed by atoms with Crippen molar-refractivity contribution in [2.45, 2.75) is 12.6 Å². The molecule has 1 aromatic heterocycles. The van der Waals surface area contributed by atoms with Crippen LogP contribution in [-0.2, 0) is 12.6 Å². The Bertz CT molecular complexity index is 655. The third-order valence-electron chi connectivity index (χ3n) is 2.84. The van der Waals surface area contributed by atoms with Gasteiger partial charge in [0, 0.05) is 11.8 Å². The molecule has 102 valence electrons. The van der Waals surface area contributed by atoms with E-state index < -0.39 is 11.7 Å². The summed E-state index contributed by atoms with van der Waals surface area (Å²) in [5, 5.41) is 8.68. The zero-order chi connectivity index (χ0) is 14.8. The summed E-state index contributed by atoms with van der Waals surface area (Å²) in [6.45, 7) is 0. The fraction of sp³-hybridized carbons (Fsp3) is 0.143. The lowest BCUT2D eigenvalue weighted by atomic mass is 10.0. The minimum absolute atomic E-state index is 0.127. The van der Waals surface area contributed by atoms with Gasteiger partial charge in [-0.15, -0.1) is 0 Å². The van der Waals surface area contributed by atoms with Gasteiger partial charge in [-0.1, -0.05) is 12.1 Å². The van der Waals surface area contributed by atoms with Crippen LogP contribution in [0.3, 0.4) is 0 Å². The van der Waals surface area contributed by atoms with Crippen LogP contribution in [-0.4, -0.2) is 4.98 Å². The quantitative estimate of drug-likeness (QED) is 0.914. The van der Waals surface area contributed by atoms with Crippen molar-refractivity contribution < 1.29 is 13.2 Å². The smallest absolute Gasteiger partial charge is 0.397 e. The number of anilines is 1. The van der Waals surface area contributed by atoms with E-state index in [-0.39, 0.29) is 6.42 Å². The Morgan fingerprint density at radius 3 is 2.35 bits per heavy atom. The lowest BCUT2D eigenvalue weighted by Crippen LogP contribution is -2.04. The summed E-state index contributed by atoms with van der Waals surface area (Å²) in [6.07, 6.45) is -2.77. The van der Waals surface area contributed by atoms with Crippen LogP contribution in [0, 0.1) is 11.3 Å². The highest BCUT2D eigenvalue weighted by Crippen LogP contribution is 2.32. The highest BCUT2D eigenvalue weighted by molar-refractivity contribution is 5.75. The number of aromatic nitrogens is 1. The predicted molar refractivity (Wildman–Crippen MR) is 68.4 cm³/mol. The Balaban J connectivity index is 2.43. The molecule has 0 bridgehead atoms. The average Bonchev–Trinajstić information content (AvgIpc) is 2.41. The number of nitrogens with two attached hydrogens (primary N) is 1. The van der Waals surface area contributed by atoms with Gasteiger partial charge in [0.05, 0.1) is 29.4 Å². The first-order valence-electron chi connectivity index (χ1n) is 5.71. The van der Waals surface area contributed by atoms with E-state index in [2.05, 4.69) is 4.98 Å². The molecule has 0 atom stereocenters. The first kappa shape index (κ1) is 13.9. The molecule has 2 N–H and O–H groups in total. The molecule has 6 heteroatoms. The van der Waals surface area contributed by atoms with Crippen molar-refractivity contribution in [3.8, 4) is 17.3 Å². The Morgan fingerprint density at radius 2 is 1.80 bits per heavy atom. The van der Waals surface area contributed by atoms with E-state index in [1.807, 2.05) is 6.07 Å². The van der Waals surface area contributed by atoms with Crippen molar-refractivity contribution in [1.82, 2.24) is 4.98 Å². The number of alkyl halides is 3. The van der Waals surface area contributed by atoms with Crippen LogP contribution >= 0.6 is 0 Å². The van der Waals surface area contributed by atoms with E-state index in [4.69, 9.17) is 11.0 Å². The van der Waals surface area contributed by atoms with Gasteiger partial charge in [0.25, 0.3) is 0 Å². The van der Waals surface area contributed by atoms with Gasteiger partial charge in [-0.2, -0.15) is 18.4 Å². The number of nitrogens with zero attached hydrogens (tertiary/aromatic N) is 2. The molecule has 0 radical (unpaired) electrons. The highest BCUT2D eigenvalue weighted by atomic mass is 19.4. The van der Waals surface area contributed by atoms with Crippen LogP contribution in [0.15, 0.2) is 36.5 Å². The molecule has 0 saturated heterocycles. The van der Waals surface area contributed by atoms with E-state index in [1.165, 1.54) is 18.3 Å². The van der Waals surface area contributed by atoms with Gasteiger partial charge in [0.15, 0.2) is 0 Å². The minimum atomic E-state index is -4.37. The number of rotatable bonds is 2. The normalized spacial score (nSPS) is 11.1. The van der Waals surface area contributed by atoms with Crippen LogP contribution in [0.4, 0.5) is 18.9 Å². The van der Waals surface area contributed by atoms with Crippen molar-refractivity contribution in [2.75, 3.05) is 5.73 Å². The maximum atomic E-state index is 12.5. The molecule has 0 spiro atoms. The molecule has 0 fully saturated rings. The van der Waals surface area contributed by atoms with Crippen LogP contribution in [0.25, 0.3) is 11.3 Å². The summed E-state index contributed by atoms with van der Waals surface area (Å²) in [6, 6.07) is 8.19. The summed E-state index contributed by atoms with van der Waals surface area (Å²) < 4.78 is 37.5. The molecule has 0 aliphatic rings. The number of hydrogen-bond donors (Lipinski definition) is 1. The monoisotopic (exact) mass is 277 g/mol. The second kappa shape index (κ2) is 5.21. The van der Waals surface area contributed by atoms with Crippen molar-refractivity contribution in [3.63, 3.8) is 0 Å². The Hall–Kier alpha value is -2.55. The average molecular weight is 277 g/mol. The fourth-order valence-corrected chi connectivity index (χ4v) is 1.80. The van der Waals surface area contributed by atoms with E-state index in [1.54, 1.807) is 6.07 Å².